The molecule has 3 rings (SSSR count). The van der Waals surface area contributed by atoms with Crippen LogP contribution < -0.4 is 0 Å². The summed E-state index contributed by atoms with van der Waals surface area (Å²) < 4.78 is 0. The van der Waals surface area contributed by atoms with E-state index in [9.17, 15) is 4.79 Å². The number of nitrogens with zero attached hydrogens (tertiary/aromatic N) is 1. The van der Waals surface area contributed by atoms with E-state index in [1.165, 1.54) is 0 Å². The van der Waals surface area contributed by atoms with Crippen LogP contribution in [0, 0.1) is 0 Å². The lowest BCUT2D eigenvalue weighted by Gasteiger charge is -2.01. The molecular formula is C18H12ClNO. The maximum absolute atomic E-state index is 11.0. The zero-order valence-corrected chi connectivity index (χ0v) is 11.9. The van der Waals surface area contributed by atoms with E-state index in [4.69, 9.17) is 11.6 Å². The summed E-state index contributed by atoms with van der Waals surface area (Å²) in [5, 5.41) is 1.72. The summed E-state index contributed by atoms with van der Waals surface area (Å²) in [5.74, 6) is 0. The normalized spacial score (nSPS) is 11.1. The van der Waals surface area contributed by atoms with Crippen LogP contribution in [0.2, 0.25) is 5.02 Å². The topological polar surface area (TPSA) is 30.0 Å². The molecule has 0 radical (unpaired) electrons. The minimum atomic E-state index is 0.664. The molecular weight excluding hydrogens is 282 g/mol. The second-order valence-corrected chi connectivity index (χ2v) is 5.09. The first-order valence-electron chi connectivity index (χ1n) is 6.55. The first-order valence-corrected chi connectivity index (χ1v) is 6.93. The summed E-state index contributed by atoms with van der Waals surface area (Å²) in [4.78, 5) is 15.5. The fourth-order valence-corrected chi connectivity index (χ4v) is 2.31. The fourth-order valence-electron chi connectivity index (χ4n) is 2.14. The molecule has 2 aromatic carbocycles. The van der Waals surface area contributed by atoms with E-state index in [0.29, 0.717) is 10.6 Å². The molecule has 0 atom stereocenters. The van der Waals surface area contributed by atoms with Gasteiger partial charge in [0, 0.05) is 16.0 Å². The Kier molecular flexibility index (Phi) is 3.80. The molecule has 3 aromatic rings. The Balaban J connectivity index is 1.97. The highest BCUT2D eigenvalue weighted by Crippen LogP contribution is 2.19. The van der Waals surface area contributed by atoms with Crippen molar-refractivity contribution in [1.82, 2.24) is 4.98 Å². The largest absolute Gasteiger partial charge is 0.298 e. The van der Waals surface area contributed by atoms with Gasteiger partial charge in [-0.15, -0.1) is 0 Å². The van der Waals surface area contributed by atoms with Gasteiger partial charge < -0.3 is 0 Å². The van der Waals surface area contributed by atoms with Gasteiger partial charge in [0.05, 0.1) is 11.2 Å². The number of hydrogen-bond donors (Lipinski definition) is 0. The van der Waals surface area contributed by atoms with Crippen LogP contribution in [0.1, 0.15) is 21.6 Å². The molecule has 0 N–H and O–H groups in total. The molecule has 0 spiro atoms. The molecule has 0 amide bonds. The number of fused-ring (bicyclic) bond motifs is 1. The van der Waals surface area contributed by atoms with Crippen LogP contribution in [0.25, 0.3) is 23.1 Å². The van der Waals surface area contributed by atoms with Gasteiger partial charge in [0.2, 0.25) is 0 Å². The molecule has 2 nitrogen and oxygen atoms in total. The molecule has 0 fully saturated rings. The number of aromatic nitrogens is 1. The zero-order valence-electron chi connectivity index (χ0n) is 11.2. The van der Waals surface area contributed by atoms with Crippen molar-refractivity contribution in [2.75, 3.05) is 0 Å². The second kappa shape index (κ2) is 5.90. The van der Waals surface area contributed by atoms with Gasteiger partial charge in [-0.25, -0.2) is 4.98 Å². The van der Waals surface area contributed by atoms with E-state index in [-0.39, 0.29) is 0 Å². The third-order valence-electron chi connectivity index (χ3n) is 3.23. The molecule has 3 heteroatoms. The van der Waals surface area contributed by atoms with Crippen molar-refractivity contribution in [1.29, 1.82) is 0 Å². The van der Waals surface area contributed by atoms with E-state index >= 15 is 0 Å². The van der Waals surface area contributed by atoms with Gasteiger partial charge in [0.25, 0.3) is 0 Å². The van der Waals surface area contributed by atoms with Gasteiger partial charge in [-0.2, -0.15) is 0 Å². The Morgan fingerprint density at radius 1 is 0.905 bits per heavy atom. The van der Waals surface area contributed by atoms with Crippen molar-refractivity contribution in [3.63, 3.8) is 0 Å². The molecule has 21 heavy (non-hydrogen) atoms. The van der Waals surface area contributed by atoms with Crippen LogP contribution >= 0.6 is 11.6 Å². The third-order valence-corrected chi connectivity index (χ3v) is 3.47. The van der Waals surface area contributed by atoms with Crippen LogP contribution in [0.3, 0.4) is 0 Å². The number of carbonyl (C=O) groups is 1. The Bertz CT molecular complexity index is 839. The molecule has 0 aliphatic rings. The SMILES string of the molecule is O=Cc1ccccc1/C=C/c1ccc2ccc(Cl)cc2n1. The van der Waals surface area contributed by atoms with Gasteiger partial charge in [-0.3, -0.25) is 4.79 Å². The number of carbonyl (C=O) groups excluding carboxylic acids is 1. The highest BCUT2D eigenvalue weighted by Gasteiger charge is 1.99. The molecule has 1 aromatic heterocycles. The van der Waals surface area contributed by atoms with Crippen LogP contribution in [0.15, 0.2) is 54.6 Å². The van der Waals surface area contributed by atoms with Crippen LogP contribution in [0.5, 0.6) is 0 Å². The molecule has 0 saturated heterocycles. The number of pyridine rings is 1. The Morgan fingerprint density at radius 3 is 2.48 bits per heavy atom. The first kappa shape index (κ1) is 13.5. The van der Waals surface area contributed by atoms with Crippen molar-refractivity contribution in [2.45, 2.75) is 0 Å². The fraction of sp³-hybridized carbons (Fsp3) is 0. The van der Waals surface area contributed by atoms with Crippen molar-refractivity contribution < 1.29 is 4.79 Å². The lowest BCUT2D eigenvalue weighted by atomic mass is 10.1. The minimum Gasteiger partial charge on any atom is -0.298 e. The van der Waals surface area contributed by atoms with Gasteiger partial charge >= 0.3 is 0 Å². The maximum Gasteiger partial charge on any atom is 0.150 e. The van der Waals surface area contributed by atoms with Crippen molar-refractivity contribution in [3.8, 4) is 0 Å². The number of halogens is 1. The number of benzene rings is 2. The molecule has 0 saturated carbocycles. The Labute approximate surface area is 127 Å². The van der Waals surface area contributed by atoms with Crippen LogP contribution in [-0.2, 0) is 0 Å². The number of rotatable bonds is 3. The monoisotopic (exact) mass is 293 g/mol. The van der Waals surface area contributed by atoms with E-state index in [0.717, 1.165) is 28.4 Å². The van der Waals surface area contributed by atoms with Gasteiger partial charge in [0.1, 0.15) is 0 Å². The van der Waals surface area contributed by atoms with Crippen LogP contribution in [0.4, 0.5) is 0 Å². The second-order valence-electron chi connectivity index (χ2n) is 4.65. The predicted octanol–water partition coefficient (Wildman–Crippen LogP) is 4.87. The summed E-state index contributed by atoms with van der Waals surface area (Å²) in [6.07, 6.45) is 4.64. The summed E-state index contributed by atoms with van der Waals surface area (Å²) in [6.45, 7) is 0. The first-order chi connectivity index (χ1) is 10.3. The summed E-state index contributed by atoms with van der Waals surface area (Å²) in [7, 11) is 0. The van der Waals surface area contributed by atoms with Crippen molar-refractivity contribution in [3.05, 3.63) is 76.4 Å². The Hall–Kier alpha value is -2.45. The lowest BCUT2D eigenvalue weighted by Crippen LogP contribution is -1.86. The number of aldehydes is 1. The van der Waals surface area contributed by atoms with Gasteiger partial charge in [-0.05, 0) is 29.8 Å². The van der Waals surface area contributed by atoms with Gasteiger partial charge in [-0.1, -0.05) is 54.1 Å². The highest BCUT2D eigenvalue weighted by atomic mass is 35.5. The summed E-state index contributed by atoms with van der Waals surface area (Å²) >= 11 is 5.99. The summed E-state index contributed by atoms with van der Waals surface area (Å²) in [6, 6.07) is 17.0. The molecule has 0 unspecified atom stereocenters. The minimum absolute atomic E-state index is 0.664. The average Bonchev–Trinajstić information content (AvgIpc) is 2.52. The molecule has 1 heterocycles. The standard InChI is InChI=1S/C18H12ClNO/c19-16-8-5-14-7-10-17(20-18(14)11-16)9-6-13-3-1-2-4-15(13)12-21/h1-12H/b9-6+. The zero-order chi connectivity index (χ0) is 14.7. The molecule has 0 bridgehead atoms. The smallest absolute Gasteiger partial charge is 0.150 e. The third kappa shape index (κ3) is 3.01. The highest BCUT2D eigenvalue weighted by molar-refractivity contribution is 6.31. The van der Waals surface area contributed by atoms with E-state index in [1.807, 2.05) is 60.7 Å². The lowest BCUT2D eigenvalue weighted by molar-refractivity contribution is 0.112. The maximum atomic E-state index is 11.0. The van der Waals surface area contributed by atoms with Crippen molar-refractivity contribution in [2.24, 2.45) is 0 Å². The van der Waals surface area contributed by atoms with Gasteiger partial charge in [0.15, 0.2) is 6.29 Å². The molecule has 0 aliphatic heterocycles. The van der Waals surface area contributed by atoms with Crippen LogP contribution in [-0.4, -0.2) is 11.3 Å². The molecule has 102 valence electrons. The molecule has 0 aliphatic carbocycles. The number of hydrogen-bond acceptors (Lipinski definition) is 2. The van der Waals surface area contributed by atoms with E-state index in [2.05, 4.69) is 4.98 Å². The van der Waals surface area contributed by atoms with E-state index in [1.54, 1.807) is 6.07 Å². The van der Waals surface area contributed by atoms with E-state index < -0.39 is 0 Å². The quantitative estimate of drug-likeness (QED) is 0.645. The Morgan fingerprint density at radius 2 is 1.67 bits per heavy atom. The van der Waals surface area contributed by atoms with Crippen molar-refractivity contribution >= 4 is 40.9 Å². The predicted molar refractivity (Wildman–Crippen MR) is 87.5 cm³/mol. The average molecular weight is 294 g/mol. The summed E-state index contributed by atoms with van der Waals surface area (Å²) in [5.41, 5.74) is 3.22.